The molecular formula is C19H22N2O3. The van der Waals surface area contributed by atoms with E-state index < -0.39 is 0 Å². The van der Waals surface area contributed by atoms with Gasteiger partial charge in [0.15, 0.2) is 0 Å². The smallest absolute Gasteiger partial charge is 0.319 e. The van der Waals surface area contributed by atoms with Crippen LogP contribution in [-0.2, 0) is 4.74 Å². The van der Waals surface area contributed by atoms with Crippen molar-refractivity contribution in [3.8, 4) is 16.9 Å². The molecular weight excluding hydrogens is 304 g/mol. The molecule has 1 fully saturated rings. The molecule has 0 spiro atoms. The Bertz CT molecular complexity index is 679. The van der Waals surface area contributed by atoms with Gasteiger partial charge in [-0.3, -0.25) is 0 Å². The lowest BCUT2D eigenvalue weighted by Crippen LogP contribution is -2.33. The molecule has 1 saturated heterocycles. The fraction of sp³-hybridized carbons (Fsp3) is 0.316. The van der Waals surface area contributed by atoms with Gasteiger partial charge >= 0.3 is 6.03 Å². The Hall–Kier alpha value is -2.53. The van der Waals surface area contributed by atoms with Crippen LogP contribution in [0.4, 0.5) is 10.5 Å². The predicted molar refractivity (Wildman–Crippen MR) is 94.4 cm³/mol. The Kier molecular flexibility index (Phi) is 5.33. The number of rotatable bonds is 5. The first kappa shape index (κ1) is 16.3. The number of benzene rings is 2. The molecule has 0 radical (unpaired) electrons. The number of amides is 2. The average molecular weight is 326 g/mol. The monoisotopic (exact) mass is 326 g/mol. The third-order valence-electron chi connectivity index (χ3n) is 4.12. The van der Waals surface area contributed by atoms with E-state index in [-0.39, 0.29) is 6.03 Å². The molecule has 2 amide bonds. The molecule has 2 N–H and O–H groups in total. The van der Waals surface area contributed by atoms with Crippen LogP contribution in [0.25, 0.3) is 11.1 Å². The fourth-order valence-electron chi connectivity index (χ4n) is 2.71. The zero-order valence-electron chi connectivity index (χ0n) is 13.7. The van der Waals surface area contributed by atoms with E-state index in [1.807, 2.05) is 48.5 Å². The van der Waals surface area contributed by atoms with Gasteiger partial charge in [-0.1, -0.05) is 24.3 Å². The predicted octanol–water partition coefficient (Wildman–Crippen LogP) is 3.52. The molecule has 1 unspecified atom stereocenters. The highest BCUT2D eigenvalue weighted by Gasteiger charge is 2.16. The van der Waals surface area contributed by atoms with Crippen molar-refractivity contribution in [2.75, 3.05) is 32.2 Å². The zero-order valence-corrected chi connectivity index (χ0v) is 13.7. The molecule has 0 bridgehead atoms. The molecule has 0 aromatic heterocycles. The second-order valence-electron chi connectivity index (χ2n) is 5.87. The summed E-state index contributed by atoms with van der Waals surface area (Å²) in [4.78, 5) is 11.9. The highest BCUT2D eigenvalue weighted by atomic mass is 16.5. The Balaban J connectivity index is 1.56. The van der Waals surface area contributed by atoms with Crippen molar-refractivity contribution < 1.29 is 14.3 Å². The minimum Gasteiger partial charge on any atom is -0.497 e. The second-order valence-corrected chi connectivity index (χ2v) is 5.87. The van der Waals surface area contributed by atoms with Crippen molar-refractivity contribution in [1.82, 2.24) is 5.32 Å². The molecule has 1 atom stereocenters. The molecule has 0 saturated carbocycles. The van der Waals surface area contributed by atoms with E-state index in [0.717, 1.165) is 42.2 Å². The molecule has 1 heterocycles. The molecule has 24 heavy (non-hydrogen) atoms. The Labute approximate surface area is 142 Å². The topological polar surface area (TPSA) is 59.6 Å². The zero-order chi connectivity index (χ0) is 16.8. The summed E-state index contributed by atoms with van der Waals surface area (Å²) in [6, 6.07) is 15.5. The van der Waals surface area contributed by atoms with E-state index in [1.165, 1.54) is 0 Å². The average Bonchev–Trinajstić information content (AvgIpc) is 3.14. The molecule has 5 nitrogen and oxygen atoms in total. The van der Waals surface area contributed by atoms with Gasteiger partial charge < -0.3 is 20.1 Å². The first-order chi connectivity index (χ1) is 11.7. The highest BCUT2D eigenvalue weighted by Crippen LogP contribution is 2.25. The van der Waals surface area contributed by atoms with Gasteiger partial charge in [-0.05, 0) is 41.8 Å². The standard InChI is InChI=1S/C19H22N2O3/c1-23-18-4-2-3-16(11-18)15-5-7-17(8-6-15)21-19(22)20-12-14-9-10-24-13-14/h2-8,11,14H,9-10,12-13H2,1H3,(H2,20,21,22). The number of hydrogen-bond donors (Lipinski definition) is 2. The van der Waals surface area contributed by atoms with Crippen LogP contribution in [0.1, 0.15) is 6.42 Å². The van der Waals surface area contributed by atoms with Gasteiger partial charge in [0.2, 0.25) is 0 Å². The summed E-state index contributed by atoms with van der Waals surface area (Å²) in [5.74, 6) is 1.25. The van der Waals surface area contributed by atoms with Crippen LogP contribution in [0.5, 0.6) is 5.75 Å². The number of hydrogen-bond acceptors (Lipinski definition) is 3. The Morgan fingerprint density at radius 3 is 2.75 bits per heavy atom. The van der Waals surface area contributed by atoms with E-state index in [2.05, 4.69) is 10.6 Å². The van der Waals surface area contributed by atoms with Crippen molar-refractivity contribution in [2.45, 2.75) is 6.42 Å². The summed E-state index contributed by atoms with van der Waals surface area (Å²) >= 11 is 0. The SMILES string of the molecule is COc1cccc(-c2ccc(NC(=O)NCC3CCOC3)cc2)c1. The third-order valence-corrected chi connectivity index (χ3v) is 4.12. The molecule has 0 aliphatic carbocycles. The van der Waals surface area contributed by atoms with Crippen LogP contribution >= 0.6 is 0 Å². The molecule has 126 valence electrons. The van der Waals surface area contributed by atoms with Crippen LogP contribution < -0.4 is 15.4 Å². The number of urea groups is 1. The molecule has 1 aliphatic heterocycles. The molecule has 1 aliphatic rings. The van der Waals surface area contributed by atoms with Crippen LogP contribution in [0.15, 0.2) is 48.5 Å². The van der Waals surface area contributed by atoms with Crippen LogP contribution in [-0.4, -0.2) is 32.9 Å². The summed E-state index contributed by atoms with van der Waals surface area (Å²) in [6.45, 7) is 2.17. The number of carbonyl (C=O) groups excluding carboxylic acids is 1. The first-order valence-corrected chi connectivity index (χ1v) is 8.11. The maximum absolute atomic E-state index is 11.9. The summed E-state index contributed by atoms with van der Waals surface area (Å²) in [5.41, 5.74) is 2.91. The number of nitrogens with one attached hydrogen (secondary N) is 2. The number of ether oxygens (including phenoxy) is 2. The summed E-state index contributed by atoms with van der Waals surface area (Å²) in [6.07, 6.45) is 1.01. The minimum atomic E-state index is -0.184. The van der Waals surface area contributed by atoms with Gasteiger partial charge in [0.1, 0.15) is 5.75 Å². The minimum absolute atomic E-state index is 0.184. The van der Waals surface area contributed by atoms with E-state index in [1.54, 1.807) is 7.11 Å². The van der Waals surface area contributed by atoms with E-state index in [0.29, 0.717) is 12.5 Å². The summed E-state index contributed by atoms with van der Waals surface area (Å²) < 4.78 is 10.5. The van der Waals surface area contributed by atoms with Gasteiger partial charge in [-0.25, -0.2) is 4.79 Å². The maximum atomic E-state index is 11.9. The quantitative estimate of drug-likeness (QED) is 0.884. The summed E-state index contributed by atoms with van der Waals surface area (Å²) in [7, 11) is 1.66. The Morgan fingerprint density at radius 1 is 1.21 bits per heavy atom. The highest BCUT2D eigenvalue weighted by molar-refractivity contribution is 5.89. The lowest BCUT2D eigenvalue weighted by atomic mass is 10.1. The van der Waals surface area contributed by atoms with E-state index in [4.69, 9.17) is 9.47 Å². The molecule has 5 heteroatoms. The second kappa shape index (κ2) is 7.84. The fourth-order valence-corrected chi connectivity index (χ4v) is 2.71. The first-order valence-electron chi connectivity index (χ1n) is 8.11. The van der Waals surface area contributed by atoms with Crippen LogP contribution in [0, 0.1) is 5.92 Å². The van der Waals surface area contributed by atoms with Crippen molar-refractivity contribution in [3.63, 3.8) is 0 Å². The summed E-state index contributed by atoms with van der Waals surface area (Å²) in [5, 5.41) is 5.74. The van der Waals surface area contributed by atoms with Gasteiger partial charge in [0.05, 0.1) is 13.7 Å². The van der Waals surface area contributed by atoms with E-state index >= 15 is 0 Å². The largest absolute Gasteiger partial charge is 0.497 e. The molecule has 2 aromatic carbocycles. The lowest BCUT2D eigenvalue weighted by Gasteiger charge is -2.11. The normalized spacial score (nSPS) is 16.6. The maximum Gasteiger partial charge on any atom is 0.319 e. The third kappa shape index (κ3) is 4.26. The Morgan fingerprint density at radius 2 is 2.04 bits per heavy atom. The van der Waals surface area contributed by atoms with Gasteiger partial charge in [0, 0.05) is 24.8 Å². The van der Waals surface area contributed by atoms with Crippen LogP contribution in [0.2, 0.25) is 0 Å². The van der Waals surface area contributed by atoms with Crippen molar-refractivity contribution in [3.05, 3.63) is 48.5 Å². The lowest BCUT2D eigenvalue weighted by molar-refractivity contribution is 0.185. The number of anilines is 1. The molecule has 2 aromatic rings. The van der Waals surface area contributed by atoms with Crippen molar-refractivity contribution in [2.24, 2.45) is 5.92 Å². The van der Waals surface area contributed by atoms with Gasteiger partial charge in [0.25, 0.3) is 0 Å². The van der Waals surface area contributed by atoms with E-state index in [9.17, 15) is 4.79 Å². The van der Waals surface area contributed by atoms with Gasteiger partial charge in [-0.2, -0.15) is 0 Å². The van der Waals surface area contributed by atoms with Crippen molar-refractivity contribution >= 4 is 11.7 Å². The van der Waals surface area contributed by atoms with Crippen LogP contribution in [0.3, 0.4) is 0 Å². The molecule has 3 rings (SSSR count). The van der Waals surface area contributed by atoms with Gasteiger partial charge in [-0.15, -0.1) is 0 Å². The van der Waals surface area contributed by atoms with Crippen molar-refractivity contribution in [1.29, 1.82) is 0 Å². The number of carbonyl (C=O) groups is 1. The number of methoxy groups -OCH3 is 1.